The lowest BCUT2D eigenvalue weighted by Crippen LogP contribution is -2.63. The van der Waals surface area contributed by atoms with Gasteiger partial charge in [0.15, 0.2) is 0 Å². The molecule has 136 valence electrons. The monoisotopic (exact) mass is 362 g/mol. The zero-order valence-corrected chi connectivity index (χ0v) is 14.7. The van der Waals surface area contributed by atoms with Gasteiger partial charge in [-0.15, -0.1) is 0 Å². The topological polar surface area (TPSA) is 59.8 Å². The molecule has 0 amide bonds. The van der Waals surface area contributed by atoms with Crippen molar-refractivity contribution in [3.8, 4) is 11.3 Å². The van der Waals surface area contributed by atoms with Crippen LogP contribution >= 0.6 is 0 Å². The van der Waals surface area contributed by atoms with Crippen molar-refractivity contribution < 1.29 is 4.39 Å². The number of aromatic nitrogens is 3. The highest BCUT2D eigenvalue weighted by Gasteiger charge is 2.56. The summed E-state index contributed by atoms with van der Waals surface area (Å²) in [6.45, 7) is 0.223. The van der Waals surface area contributed by atoms with E-state index in [0.29, 0.717) is 11.3 Å². The standard InChI is InChI=1S/C21H19FN4O/c22-17-3-1-2-14(8-17)13-26-20(27)7-5-18(25-26)16-4-6-19(23-12-16)24-21-9-15(10-21)11-21/h1-8,12,15H,9-11,13H2,(H,23,24). The van der Waals surface area contributed by atoms with Crippen LogP contribution in [0.25, 0.3) is 11.3 Å². The molecule has 6 rings (SSSR count). The van der Waals surface area contributed by atoms with Gasteiger partial charge < -0.3 is 5.32 Å². The van der Waals surface area contributed by atoms with Crippen LogP contribution in [0.2, 0.25) is 0 Å². The van der Waals surface area contributed by atoms with Crippen LogP contribution in [-0.4, -0.2) is 20.3 Å². The maximum atomic E-state index is 13.4. The average molecular weight is 362 g/mol. The maximum absolute atomic E-state index is 13.4. The molecule has 2 bridgehead atoms. The molecule has 0 atom stereocenters. The second-order valence-corrected chi connectivity index (χ2v) is 7.66. The molecule has 3 aliphatic carbocycles. The van der Waals surface area contributed by atoms with Crippen molar-refractivity contribution in [1.82, 2.24) is 14.8 Å². The molecule has 1 N–H and O–H groups in total. The smallest absolute Gasteiger partial charge is 0.267 e. The van der Waals surface area contributed by atoms with E-state index in [2.05, 4.69) is 15.4 Å². The quantitative estimate of drug-likeness (QED) is 0.755. The Kier molecular flexibility index (Phi) is 3.60. The summed E-state index contributed by atoms with van der Waals surface area (Å²) in [5.74, 6) is 1.47. The largest absolute Gasteiger partial charge is 0.365 e. The Morgan fingerprint density at radius 1 is 1.15 bits per heavy atom. The van der Waals surface area contributed by atoms with Crippen LogP contribution in [-0.2, 0) is 6.54 Å². The van der Waals surface area contributed by atoms with Crippen molar-refractivity contribution in [2.75, 3.05) is 5.32 Å². The van der Waals surface area contributed by atoms with E-state index in [9.17, 15) is 9.18 Å². The summed E-state index contributed by atoms with van der Waals surface area (Å²) in [4.78, 5) is 16.6. The fourth-order valence-corrected chi connectivity index (χ4v) is 4.05. The first-order valence-electron chi connectivity index (χ1n) is 9.16. The summed E-state index contributed by atoms with van der Waals surface area (Å²) >= 11 is 0. The van der Waals surface area contributed by atoms with Crippen molar-refractivity contribution in [3.63, 3.8) is 0 Å². The Morgan fingerprint density at radius 3 is 2.67 bits per heavy atom. The predicted octanol–water partition coefficient (Wildman–Crippen LogP) is 3.46. The third kappa shape index (κ3) is 3.01. The predicted molar refractivity (Wildman–Crippen MR) is 101 cm³/mol. The Hall–Kier alpha value is -3.02. The molecular weight excluding hydrogens is 343 g/mol. The van der Waals surface area contributed by atoms with E-state index in [0.717, 1.165) is 17.3 Å². The summed E-state index contributed by atoms with van der Waals surface area (Å²) < 4.78 is 14.7. The highest BCUT2D eigenvalue weighted by Crippen LogP contribution is 2.58. The van der Waals surface area contributed by atoms with Gasteiger partial charge >= 0.3 is 0 Å². The summed E-state index contributed by atoms with van der Waals surface area (Å²) in [5, 5.41) is 7.96. The first kappa shape index (κ1) is 16.2. The number of rotatable bonds is 5. The summed E-state index contributed by atoms with van der Waals surface area (Å²) in [6, 6.07) is 13.3. The third-order valence-electron chi connectivity index (χ3n) is 5.58. The van der Waals surface area contributed by atoms with Crippen molar-refractivity contribution in [2.45, 2.75) is 31.3 Å². The number of halogens is 1. The fourth-order valence-electron chi connectivity index (χ4n) is 4.05. The molecule has 0 saturated heterocycles. The number of nitrogens with one attached hydrogen (secondary N) is 1. The lowest BCUT2D eigenvalue weighted by molar-refractivity contribution is 0.00181. The molecule has 0 radical (unpaired) electrons. The van der Waals surface area contributed by atoms with Crippen LogP contribution in [0.5, 0.6) is 0 Å². The molecule has 6 heteroatoms. The van der Waals surface area contributed by atoms with Crippen LogP contribution in [0.3, 0.4) is 0 Å². The molecule has 3 fully saturated rings. The first-order chi connectivity index (χ1) is 13.1. The first-order valence-corrected chi connectivity index (χ1v) is 9.16. The number of nitrogens with zero attached hydrogens (tertiary/aromatic N) is 3. The number of hydrogen-bond acceptors (Lipinski definition) is 4. The van der Waals surface area contributed by atoms with Crippen LogP contribution in [0, 0.1) is 11.7 Å². The van der Waals surface area contributed by atoms with Crippen LogP contribution < -0.4 is 10.9 Å². The van der Waals surface area contributed by atoms with E-state index in [1.165, 1.54) is 42.1 Å². The lowest BCUT2D eigenvalue weighted by atomic mass is 9.50. The zero-order chi connectivity index (χ0) is 18.4. The number of anilines is 1. The van der Waals surface area contributed by atoms with Crippen molar-refractivity contribution in [1.29, 1.82) is 0 Å². The summed E-state index contributed by atoms with van der Waals surface area (Å²) in [5.41, 5.74) is 2.26. The van der Waals surface area contributed by atoms with E-state index in [1.807, 2.05) is 12.1 Å². The minimum Gasteiger partial charge on any atom is -0.365 e. The fraction of sp³-hybridized carbons (Fsp3) is 0.286. The molecule has 3 saturated carbocycles. The Bertz CT molecular complexity index is 1040. The van der Waals surface area contributed by atoms with Gasteiger partial charge in [0.1, 0.15) is 11.6 Å². The lowest BCUT2D eigenvalue weighted by Gasteiger charge is -2.62. The molecule has 2 heterocycles. The second kappa shape index (κ2) is 6.01. The van der Waals surface area contributed by atoms with Gasteiger partial charge in [0.25, 0.3) is 5.56 Å². The van der Waals surface area contributed by atoms with Gasteiger partial charge in [0.2, 0.25) is 0 Å². The van der Waals surface area contributed by atoms with Crippen molar-refractivity contribution in [3.05, 3.63) is 76.5 Å². The van der Waals surface area contributed by atoms with Gasteiger partial charge in [0, 0.05) is 23.4 Å². The highest BCUT2D eigenvalue weighted by atomic mass is 19.1. The number of pyridine rings is 1. The van der Waals surface area contributed by atoms with Crippen molar-refractivity contribution >= 4 is 5.82 Å². The van der Waals surface area contributed by atoms with Crippen LogP contribution in [0.1, 0.15) is 24.8 Å². The molecule has 3 aromatic rings. The molecule has 0 spiro atoms. The number of hydrogen-bond donors (Lipinski definition) is 1. The Morgan fingerprint density at radius 2 is 2.00 bits per heavy atom. The summed E-state index contributed by atoms with van der Waals surface area (Å²) in [6.07, 6.45) is 5.53. The van der Waals surface area contributed by atoms with Gasteiger partial charge in [-0.05, 0) is 61.1 Å². The molecule has 0 unspecified atom stereocenters. The third-order valence-corrected chi connectivity index (χ3v) is 5.58. The molecule has 3 aliphatic rings. The van der Waals surface area contributed by atoms with Crippen LogP contribution in [0.15, 0.2) is 59.5 Å². The normalized spacial score (nSPS) is 22.6. The molecule has 5 nitrogen and oxygen atoms in total. The van der Waals surface area contributed by atoms with E-state index in [-0.39, 0.29) is 23.5 Å². The molecule has 1 aromatic carbocycles. The van der Waals surface area contributed by atoms with Gasteiger partial charge in [-0.1, -0.05) is 12.1 Å². The Balaban J connectivity index is 1.37. The highest BCUT2D eigenvalue weighted by molar-refractivity contribution is 5.59. The zero-order valence-electron chi connectivity index (χ0n) is 14.7. The van der Waals surface area contributed by atoms with Gasteiger partial charge in [0.05, 0.1) is 12.2 Å². The van der Waals surface area contributed by atoms with Crippen LogP contribution in [0.4, 0.5) is 10.2 Å². The minimum absolute atomic E-state index is 0.223. The van der Waals surface area contributed by atoms with E-state index in [4.69, 9.17) is 0 Å². The Labute approximate surface area is 155 Å². The number of benzene rings is 1. The van der Waals surface area contributed by atoms with Gasteiger partial charge in [-0.3, -0.25) is 4.79 Å². The molecular formula is C21H19FN4O. The molecule has 2 aromatic heterocycles. The maximum Gasteiger partial charge on any atom is 0.267 e. The summed E-state index contributed by atoms with van der Waals surface area (Å²) in [7, 11) is 0. The van der Waals surface area contributed by atoms with E-state index in [1.54, 1.807) is 24.4 Å². The molecule has 0 aliphatic heterocycles. The second-order valence-electron chi connectivity index (χ2n) is 7.66. The van der Waals surface area contributed by atoms with Gasteiger partial charge in [-0.2, -0.15) is 5.10 Å². The minimum atomic E-state index is -0.326. The van der Waals surface area contributed by atoms with Crippen molar-refractivity contribution in [2.24, 2.45) is 5.92 Å². The average Bonchev–Trinajstić information content (AvgIpc) is 2.60. The molecule has 27 heavy (non-hydrogen) atoms. The van der Waals surface area contributed by atoms with E-state index >= 15 is 0 Å². The van der Waals surface area contributed by atoms with Gasteiger partial charge in [-0.25, -0.2) is 14.1 Å². The SMILES string of the molecule is O=c1ccc(-c2ccc(NC34CC(C3)C4)nc2)nn1Cc1cccc(F)c1. The van der Waals surface area contributed by atoms with E-state index < -0.39 is 0 Å².